The fourth-order valence-electron chi connectivity index (χ4n) is 3.20. The Hall–Kier alpha value is -2.43. The molecule has 0 fully saturated rings. The Balaban J connectivity index is 1.67. The molecular weight excluding hydrogens is 372 g/mol. The van der Waals surface area contributed by atoms with Crippen molar-refractivity contribution in [2.45, 2.75) is 26.4 Å². The second kappa shape index (κ2) is 6.95. The first-order chi connectivity index (χ1) is 13.0. The van der Waals surface area contributed by atoms with Crippen LogP contribution in [-0.4, -0.2) is 5.97 Å². The van der Waals surface area contributed by atoms with Crippen molar-refractivity contribution in [3.63, 3.8) is 0 Å². The van der Waals surface area contributed by atoms with Gasteiger partial charge in [0.1, 0.15) is 11.0 Å². The first-order valence-electron chi connectivity index (χ1n) is 8.84. The van der Waals surface area contributed by atoms with E-state index in [1.54, 1.807) is 11.3 Å². The minimum Gasteiger partial charge on any atom is -0.450 e. The Labute approximate surface area is 166 Å². The Bertz CT molecular complexity index is 1100. The molecule has 0 aliphatic rings. The highest BCUT2D eigenvalue weighted by molar-refractivity contribution is 7.43. The Morgan fingerprint density at radius 3 is 2.63 bits per heavy atom. The predicted octanol–water partition coefficient (Wildman–Crippen LogP) is 7.04. The van der Waals surface area contributed by atoms with Crippen molar-refractivity contribution >= 4 is 37.9 Å². The summed E-state index contributed by atoms with van der Waals surface area (Å²) in [6.45, 7) is 6.01. The van der Waals surface area contributed by atoms with Crippen LogP contribution in [0.3, 0.4) is 0 Å². The van der Waals surface area contributed by atoms with E-state index in [0.717, 1.165) is 9.77 Å². The third-order valence-corrected chi connectivity index (χ3v) is 7.99. The Kier molecular flexibility index (Phi) is 4.62. The standard InChI is InChI=1S/C23H21O2S2/c1-16-15-27(20-11-5-4-10-19(16)20)18-9-6-8-17(14-18)22(24)25-23(2,3)21-12-7-13-26-21/h4-15H,1-3H3/q+1. The molecule has 0 radical (unpaired) electrons. The van der Waals surface area contributed by atoms with Crippen LogP contribution < -0.4 is 0 Å². The average Bonchev–Trinajstić information content (AvgIpc) is 3.31. The van der Waals surface area contributed by atoms with Crippen molar-refractivity contribution < 1.29 is 9.53 Å². The van der Waals surface area contributed by atoms with Crippen LogP contribution in [0.4, 0.5) is 0 Å². The largest absolute Gasteiger partial charge is 0.450 e. The van der Waals surface area contributed by atoms with Gasteiger partial charge in [0.2, 0.25) is 0 Å². The molecule has 0 saturated heterocycles. The molecule has 2 heterocycles. The molecule has 2 aromatic heterocycles. The van der Waals surface area contributed by atoms with Gasteiger partial charge in [-0.2, -0.15) is 0 Å². The van der Waals surface area contributed by atoms with Gasteiger partial charge in [-0.15, -0.1) is 11.3 Å². The summed E-state index contributed by atoms with van der Waals surface area (Å²) in [5.74, 6) is -0.285. The number of carbonyl (C=O) groups excluding carboxylic acids is 1. The van der Waals surface area contributed by atoms with Crippen molar-refractivity contribution in [1.82, 2.24) is 0 Å². The third-order valence-electron chi connectivity index (χ3n) is 4.63. The van der Waals surface area contributed by atoms with Gasteiger partial charge in [-0.25, -0.2) is 4.79 Å². The van der Waals surface area contributed by atoms with E-state index in [-0.39, 0.29) is 16.4 Å². The van der Waals surface area contributed by atoms with Gasteiger partial charge in [0, 0.05) is 32.4 Å². The average molecular weight is 394 g/mol. The monoisotopic (exact) mass is 393 g/mol. The van der Waals surface area contributed by atoms with Gasteiger partial charge >= 0.3 is 5.97 Å². The second-order valence-electron chi connectivity index (χ2n) is 7.04. The number of hydrogen-bond acceptors (Lipinski definition) is 3. The van der Waals surface area contributed by atoms with E-state index in [1.165, 1.54) is 15.6 Å². The fourth-order valence-corrected chi connectivity index (χ4v) is 6.16. The zero-order valence-corrected chi connectivity index (χ0v) is 17.2. The number of benzene rings is 2. The summed E-state index contributed by atoms with van der Waals surface area (Å²) >= 11 is 1.60. The molecule has 4 heteroatoms. The molecule has 0 amide bonds. The Morgan fingerprint density at radius 2 is 1.85 bits per heavy atom. The van der Waals surface area contributed by atoms with Crippen LogP contribution in [0.15, 0.2) is 71.4 Å². The molecule has 2 aromatic carbocycles. The van der Waals surface area contributed by atoms with Crippen LogP contribution in [0.2, 0.25) is 0 Å². The summed E-state index contributed by atoms with van der Waals surface area (Å²) in [6.07, 6.45) is 0. The molecule has 27 heavy (non-hydrogen) atoms. The normalized spacial score (nSPS) is 12.3. The molecule has 2 nitrogen and oxygen atoms in total. The van der Waals surface area contributed by atoms with E-state index >= 15 is 0 Å². The van der Waals surface area contributed by atoms with Crippen LogP contribution >= 0.6 is 21.8 Å². The van der Waals surface area contributed by atoms with Gasteiger partial charge in [-0.05, 0) is 56.5 Å². The summed E-state index contributed by atoms with van der Waals surface area (Å²) in [7, 11) is -0.143. The lowest BCUT2D eigenvalue weighted by Gasteiger charge is -2.23. The number of esters is 1. The maximum Gasteiger partial charge on any atom is 0.339 e. The van der Waals surface area contributed by atoms with Crippen molar-refractivity contribution in [2.24, 2.45) is 0 Å². The van der Waals surface area contributed by atoms with E-state index in [9.17, 15) is 4.79 Å². The highest BCUT2D eigenvalue weighted by Crippen LogP contribution is 2.42. The number of thiophene rings is 2. The van der Waals surface area contributed by atoms with Crippen molar-refractivity contribution in [3.05, 3.63) is 87.4 Å². The lowest BCUT2D eigenvalue weighted by atomic mass is 10.1. The molecule has 1 unspecified atom stereocenters. The smallest absolute Gasteiger partial charge is 0.339 e. The summed E-state index contributed by atoms with van der Waals surface area (Å²) in [5, 5.41) is 5.59. The lowest BCUT2D eigenvalue weighted by Crippen LogP contribution is -2.24. The van der Waals surface area contributed by atoms with Gasteiger partial charge in [-0.3, -0.25) is 0 Å². The van der Waals surface area contributed by atoms with Crippen LogP contribution in [0, 0.1) is 6.92 Å². The molecule has 136 valence electrons. The zero-order valence-electron chi connectivity index (χ0n) is 15.6. The predicted molar refractivity (Wildman–Crippen MR) is 115 cm³/mol. The van der Waals surface area contributed by atoms with Crippen molar-refractivity contribution in [1.29, 1.82) is 0 Å². The van der Waals surface area contributed by atoms with Gasteiger partial charge < -0.3 is 4.74 Å². The second-order valence-corrected chi connectivity index (χ2v) is 9.81. The van der Waals surface area contributed by atoms with Gasteiger partial charge in [0.05, 0.1) is 5.56 Å². The SMILES string of the molecule is Cc1c[s+](-c2cccc(C(=O)OC(C)(C)c3cccs3)c2)c2ccccc12. The minimum atomic E-state index is -0.639. The van der Waals surface area contributed by atoms with E-state index < -0.39 is 5.60 Å². The quantitative estimate of drug-likeness (QED) is 0.274. The first-order valence-corrected chi connectivity index (χ1v) is 11.0. The van der Waals surface area contributed by atoms with Crippen LogP contribution in [0.25, 0.3) is 15.0 Å². The highest BCUT2D eigenvalue weighted by atomic mass is 32.2. The van der Waals surface area contributed by atoms with E-state index in [4.69, 9.17) is 4.74 Å². The number of fused-ring (bicyclic) bond motifs is 1. The van der Waals surface area contributed by atoms with E-state index in [2.05, 4.69) is 42.6 Å². The molecule has 0 saturated carbocycles. The molecular formula is C23H21O2S2+. The fraction of sp³-hybridized carbons (Fsp3) is 0.174. The van der Waals surface area contributed by atoms with Crippen molar-refractivity contribution in [2.75, 3.05) is 0 Å². The third kappa shape index (κ3) is 3.43. The van der Waals surface area contributed by atoms with Gasteiger partial charge in [-0.1, -0.05) is 24.3 Å². The lowest BCUT2D eigenvalue weighted by molar-refractivity contribution is -0.00155. The van der Waals surface area contributed by atoms with Crippen molar-refractivity contribution in [3.8, 4) is 4.90 Å². The summed E-state index contributed by atoms with van der Waals surface area (Å²) in [6, 6.07) is 20.3. The minimum absolute atomic E-state index is 0.143. The summed E-state index contributed by atoms with van der Waals surface area (Å²) in [4.78, 5) is 15.0. The number of aryl methyl sites for hydroxylation is 1. The number of hydrogen-bond donors (Lipinski definition) is 0. The number of rotatable bonds is 4. The molecule has 0 N–H and O–H groups in total. The molecule has 4 rings (SSSR count). The molecule has 0 bridgehead atoms. The summed E-state index contributed by atoms with van der Waals surface area (Å²) < 4.78 is 7.15. The molecule has 0 aliphatic heterocycles. The van der Waals surface area contributed by atoms with E-state index in [1.807, 2.05) is 49.6 Å². The zero-order chi connectivity index (χ0) is 19.0. The van der Waals surface area contributed by atoms with E-state index in [0.29, 0.717) is 5.56 Å². The van der Waals surface area contributed by atoms with Crippen LogP contribution in [0.5, 0.6) is 0 Å². The number of ether oxygens (including phenoxy) is 1. The summed E-state index contributed by atoms with van der Waals surface area (Å²) in [5.41, 5.74) is 1.25. The van der Waals surface area contributed by atoms with Gasteiger partial charge in [0.25, 0.3) is 0 Å². The van der Waals surface area contributed by atoms with Crippen LogP contribution in [-0.2, 0) is 10.3 Å². The topological polar surface area (TPSA) is 26.3 Å². The number of carbonyl (C=O) groups is 1. The maximum atomic E-state index is 12.8. The molecule has 0 spiro atoms. The van der Waals surface area contributed by atoms with Gasteiger partial charge in [0.15, 0.2) is 9.60 Å². The molecule has 0 aliphatic carbocycles. The Morgan fingerprint density at radius 1 is 1.04 bits per heavy atom. The highest BCUT2D eigenvalue weighted by Gasteiger charge is 2.28. The first kappa shape index (κ1) is 18.0. The van der Waals surface area contributed by atoms with Crippen LogP contribution in [0.1, 0.15) is 34.6 Å². The molecule has 1 atom stereocenters. The molecule has 4 aromatic rings. The maximum absolute atomic E-state index is 12.8.